The van der Waals surface area contributed by atoms with Gasteiger partial charge in [-0.3, -0.25) is 9.59 Å². The summed E-state index contributed by atoms with van der Waals surface area (Å²) >= 11 is 0. The Morgan fingerprint density at radius 2 is 1.89 bits per heavy atom. The molecule has 0 radical (unpaired) electrons. The molecule has 5 heteroatoms. The van der Waals surface area contributed by atoms with E-state index in [0.717, 1.165) is 32.1 Å². The molecular formula is C14H22N2O3. The van der Waals surface area contributed by atoms with Crippen LogP contribution in [-0.2, 0) is 14.3 Å². The quantitative estimate of drug-likeness (QED) is 0.732. The third-order valence-corrected chi connectivity index (χ3v) is 5.21. The van der Waals surface area contributed by atoms with Gasteiger partial charge in [-0.25, -0.2) is 0 Å². The third-order valence-electron chi connectivity index (χ3n) is 5.21. The molecule has 4 atom stereocenters. The number of rotatable bonds is 3. The molecule has 4 fully saturated rings. The third kappa shape index (κ3) is 2.14. The van der Waals surface area contributed by atoms with E-state index >= 15 is 0 Å². The van der Waals surface area contributed by atoms with E-state index in [1.807, 2.05) is 0 Å². The maximum atomic E-state index is 12.5. The summed E-state index contributed by atoms with van der Waals surface area (Å²) in [5.41, 5.74) is 5.98. The van der Waals surface area contributed by atoms with Gasteiger partial charge in [0.1, 0.15) is 6.54 Å². The van der Waals surface area contributed by atoms with Crippen LogP contribution in [0.4, 0.5) is 0 Å². The van der Waals surface area contributed by atoms with Gasteiger partial charge < -0.3 is 15.8 Å². The summed E-state index contributed by atoms with van der Waals surface area (Å²) in [7, 11) is 1.33. The first-order chi connectivity index (χ1) is 8.95. The molecule has 5 nitrogen and oxygen atoms in total. The Bertz CT molecular complexity index is 407. The van der Waals surface area contributed by atoms with Crippen LogP contribution in [0.1, 0.15) is 38.5 Å². The van der Waals surface area contributed by atoms with E-state index in [-0.39, 0.29) is 23.4 Å². The fraction of sp³-hybridized carbons (Fsp3) is 0.857. The minimum Gasteiger partial charge on any atom is -0.468 e. The molecule has 106 valence electrons. The molecular weight excluding hydrogens is 244 g/mol. The van der Waals surface area contributed by atoms with Crippen LogP contribution in [0.3, 0.4) is 0 Å². The maximum absolute atomic E-state index is 12.5. The molecule has 4 aliphatic rings. The van der Waals surface area contributed by atoms with E-state index in [9.17, 15) is 9.59 Å². The van der Waals surface area contributed by atoms with Gasteiger partial charge in [-0.15, -0.1) is 0 Å². The van der Waals surface area contributed by atoms with Gasteiger partial charge in [0.25, 0.3) is 0 Å². The number of amides is 1. The molecule has 4 rings (SSSR count). The van der Waals surface area contributed by atoms with E-state index < -0.39 is 5.97 Å². The second-order valence-corrected chi connectivity index (χ2v) is 6.86. The fourth-order valence-electron chi connectivity index (χ4n) is 5.01. The van der Waals surface area contributed by atoms with Crippen molar-refractivity contribution < 1.29 is 14.3 Å². The van der Waals surface area contributed by atoms with Crippen LogP contribution in [0.2, 0.25) is 0 Å². The van der Waals surface area contributed by atoms with Crippen molar-refractivity contribution in [2.75, 3.05) is 13.7 Å². The highest BCUT2D eigenvalue weighted by molar-refractivity contribution is 5.86. The number of carbonyl (C=O) groups excluding carboxylic acids is 2. The molecule has 4 bridgehead atoms. The van der Waals surface area contributed by atoms with Crippen LogP contribution >= 0.6 is 0 Å². The molecule has 0 heterocycles. The topological polar surface area (TPSA) is 81.4 Å². The number of nitrogens with two attached hydrogens (primary N) is 1. The second-order valence-electron chi connectivity index (χ2n) is 6.86. The Balaban J connectivity index is 1.73. The zero-order chi connectivity index (χ0) is 13.7. The van der Waals surface area contributed by atoms with Crippen LogP contribution < -0.4 is 11.1 Å². The number of nitrogens with one attached hydrogen (secondary N) is 1. The van der Waals surface area contributed by atoms with Crippen LogP contribution in [0.15, 0.2) is 0 Å². The Hall–Kier alpha value is -1.10. The molecule has 4 saturated carbocycles. The number of hydrogen-bond donors (Lipinski definition) is 2. The van der Waals surface area contributed by atoms with Gasteiger partial charge >= 0.3 is 5.97 Å². The van der Waals surface area contributed by atoms with Gasteiger partial charge in [-0.2, -0.15) is 0 Å². The summed E-state index contributed by atoms with van der Waals surface area (Å²) in [6.07, 6.45) is 6.01. The molecule has 3 N–H and O–H groups in total. The molecule has 0 spiro atoms. The smallest absolute Gasteiger partial charge is 0.325 e. The van der Waals surface area contributed by atoms with Crippen LogP contribution in [0, 0.1) is 17.3 Å². The normalized spacial score (nSPS) is 43.1. The summed E-state index contributed by atoms with van der Waals surface area (Å²) < 4.78 is 4.56. The van der Waals surface area contributed by atoms with E-state index in [4.69, 9.17) is 5.73 Å². The first-order valence-corrected chi connectivity index (χ1v) is 7.09. The predicted octanol–water partition coefficient (Wildman–Crippen LogP) is 0.573. The number of carbonyl (C=O) groups is 2. The number of methoxy groups -OCH3 is 1. The lowest BCUT2D eigenvalue weighted by Crippen LogP contribution is -2.63. The standard InChI is InChI=1S/C14H22N2O3/c1-19-11(17)7-16-12(18)13-3-9-2-10(4-13)6-14(15,5-9)8-13/h9-10H,2-8,15H2,1H3,(H,16,18)/t9-,10+,13?,14?. The molecule has 0 aromatic rings. The summed E-state index contributed by atoms with van der Waals surface area (Å²) in [6.45, 7) is -0.0377. The van der Waals surface area contributed by atoms with Gasteiger partial charge in [0, 0.05) is 5.54 Å². The summed E-state index contributed by atoms with van der Waals surface area (Å²) in [5.74, 6) is 0.785. The minimum atomic E-state index is -0.402. The molecule has 0 saturated heterocycles. The Labute approximate surface area is 113 Å². The monoisotopic (exact) mass is 266 g/mol. The molecule has 2 unspecified atom stereocenters. The maximum Gasteiger partial charge on any atom is 0.325 e. The molecule has 0 aromatic heterocycles. The van der Waals surface area contributed by atoms with E-state index in [0.29, 0.717) is 11.8 Å². The fourth-order valence-corrected chi connectivity index (χ4v) is 5.01. The SMILES string of the molecule is COC(=O)CNC(=O)C12C[C@@H]3C[C@@H](CC(N)(C3)C1)C2. The second kappa shape index (κ2) is 4.20. The van der Waals surface area contributed by atoms with Crippen LogP contribution in [-0.4, -0.2) is 31.1 Å². The van der Waals surface area contributed by atoms with Crippen molar-refractivity contribution in [3.63, 3.8) is 0 Å². The molecule has 4 aliphatic carbocycles. The summed E-state index contributed by atoms with van der Waals surface area (Å²) in [5, 5.41) is 2.74. The lowest BCUT2D eigenvalue weighted by Gasteiger charge is -2.60. The summed E-state index contributed by atoms with van der Waals surface area (Å²) in [4.78, 5) is 23.6. The average molecular weight is 266 g/mol. The average Bonchev–Trinajstić information content (AvgIpc) is 2.32. The lowest BCUT2D eigenvalue weighted by atomic mass is 9.47. The van der Waals surface area contributed by atoms with Crippen molar-refractivity contribution in [2.45, 2.75) is 44.1 Å². The minimum absolute atomic E-state index is 0.00169. The highest BCUT2D eigenvalue weighted by atomic mass is 16.5. The first kappa shape index (κ1) is 12.9. The molecule has 1 amide bonds. The molecule has 19 heavy (non-hydrogen) atoms. The van der Waals surface area contributed by atoms with Crippen molar-refractivity contribution in [1.82, 2.24) is 5.32 Å². The van der Waals surface area contributed by atoms with E-state index in [2.05, 4.69) is 10.1 Å². The van der Waals surface area contributed by atoms with Gasteiger partial charge in [0.2, 0.25) is 5.91 Å². The number of hydrogen-bond acceptors (Lipinski definition) is 4. The van der Waals surface area contributed by atoms with Gasteiger partial charge in [-0.05, 0) is 50.4 Å². The highest BCUT2D eigenvalue weighted by Gasteiger charge is 2.59. The number of ether oxygens (including phenoxy) is 1. The highest BCUT2D eigenvalue weighted by Crippen LogP contribution is 2.60. The van der Waals surface area contributed by atoms with Crippen LogP contribution in [0.5, 0.6) is 0 Å². The number of esters is 1. The molecule has 0 aliphatic heterocycles. The zero-order valence-electron chi connectivity index (χ0n) is 11.4. The van der Waals surface area contributed by atoms with Crippen molar-refractivity contribution >= 4 is 11.9 Å². The molecule has 0 aromatic carbocycles. The predicted molar refractivity (Wildman–Crippen MR) is 69.1 cm³/mol. The Kier molecular flexibility index (Phi) is 2.85. The van der Waals surface area contributed by atoms with Crippen molar-refractivity contribution in [2.24, 2.45) is 23.0 Å². The largest absolute Gasteiger partial charge is 0.468 e. The van der Waals surface area contributed by atoms with Gasteiger partial charge in [0.15, 0.2) is 0 Å². The lowest BCUT2D eigenvalue weighted by molar-refractivity contribution is -0.151. The van der Waals surface area contributed by atoms with Crippen molar-refractivity contribution in [3.05, 3.63) is 0 Å². The first-order valence-electron chi connectivity index (χ1n) is 7.09. The van der Waals surface area contributed by atoms with Gasteiger partial charge in [0.05, 0.1) is 12.5 Å². The van der Waals surface area contributed by atoms with E-state index in [1.54, 1.807) is 0 Å². The van der Waals surface area contributed by atoms with Gasteiger partial charge in [-0.1, -0.05) is 0 Å². The zero-order valence-corrected chi connectivity index (χ0v) is 11.4. The van der Waals surface area contributed by atoms with Crippen LogP contribution in [0.25, 0.3) is 0 Å². The van der Waals surface area contributed by atoms with Crippen molar-refractivity contribution in [1.29, 1.82) is 0 Å². The summed E-state index contributed by atoms with van der Waals surface area (Å²) in [6, 6.07) is 0. The van der Waals surface area contributed by atoms with Crippen molar-refractivity contribution in [3.8, 4) is 0 Å². The Morgan fingerprint density at radius 1 is 1.26 bits per heavy atom. The van der Waals surface area contributed by atoms with E-state index in [1.165, 1.54) is 13.5 Å². The Morgan fingerprint density at radius 3 is 2.42 bits per heavy atom.